The quantitative estimate of drug-likeness (QED) is 0.834. The topological polar surface area (TPSA) is 61.9 Å². The first-order valence-electron chi connectivity index (χ1n) is 7.31. The second kappa shape index (κ2) is 6.41. The summed E-state index contributed by atoms with van der Waals surface area (Å²) in [5.41, 5.74) is 0.932. The van der Waals surface area contributed by atoms with Crippen LogP contribution in [-0.2, 0) is 9.53 Å². The van der Waals surface area contributed by atoms with Crippen molar-refractivity contribution in [3.63, 3.8) is 0 Å². The molecular weight excluding hydrogens is 289 g/mol. The number of benzene rings is 1. The molecule has 1 aromatic rings. The highest BCUT2D eigenvalue weighted by molar-refractivity contribution is 6.01. The molecule has 6 nitrogen and oxygen atoms in total. The number of nitrogens with one attached hydrogen (secondary N) is 1. The van der Waals surface area contributed by atoms with Crippen LogP contribution in [-0.4, -0.2) is 61.1 Å². The van der Waals surface area contributed by atoms with Crippen LogP contribution in [0.4, 0.5) is 9.18 Å². The minimum atomic E-state index is -0.326. The van der Waals surface area contributed by atoms with Gasteiger partial charge < -0.3 is 10.1 Å². The predicted octanol–water partition coefficient (Wildman–Crippen LogP) is 0.751. The summed E-state index contributed by atoms with van der Waals surface area (Å²) in [6.07, 6.45) is -0.113. The maximum atomic E-state index is 13.0. The highest BCUT2D eigenvalue weighted by atomic mass is 19.1. The molecule has 1 atom stereocenters. The van der Waals surface area contributed by atoms with E-state index in [-0.39, 0.29) is 30.4 Å². The fourth-order valence-electron chi connectivity index (χ4n) is 2.71. The Kier molecular flexibility index (Phi) is 4.35. The summed E-state index contributed by atoms with van der Waals surface area (Å²) in [5.74, 6) is -0.455. The maximum absolute atomic E-state index is 13.0. The zero-order valence-corrected chi connectivity index (χ0v) is 12.1. The van der Waals surface area contributed by atoms with E-state index >= 15 is 0 Å². The zero-order chi connectivity index (χ0) is 15.5. The number of urea groups is 1. The van der Waals surface area contributed by atoms with Crippen molar-refractivity contribution in [2.24, 2.45) is 0 Å². The smallest absolute Gasteiger partial charge is 0.324 e. The minimum Gasteiger partial charge on any atom is -0.371 e. The van der Waals surface area contributed by atoms with Gasteiger partial charge in [0, 0.05) is 26.2 Å². The predicted molar refractivity (Wildman–Crippen MR) is 76.6 cm³/mol. The van der Waals surface area contributed by atoms with E-state index in [0.717, 1.165) is 12.1 Å². The number of carbonyl (C=O) groups is 2. The molecule has 118 valence electrons. The van der Waals surface area contributed by atoms with E-state index < -0.39 is 0 Å². The van der Waals surface area contributed by atoms with Gasteiger partial charge in [0.05, 0.1) is 19.3 Å². The molecule has 22 heavy (non-hydrogen) atoms. The second-order valence-electron chi connectivity index (χ2n) is 5.42. The van der Waals surface area contributed by atoms with Crippen molar-refractivity contribution in [3.05, 3.63) is 35.6 Å². The van der Waals surface area contributed by atoms with Crippen molar-refractivity contribution >= 4 is 11.9 Å². The van der Waals surface area contributed by atoms with E-state index in [2.05, 4.69) is 10.2 Å². The van der Waals surface area contributed by atoms with Crippen molar-refractivity contribution in [2.75, 3.05) is 39.3 Å². The number of ether oxygens (including phenoxy) is 1. The number of nitrogens with zero attached hydrogens (tertiary/aromatic N) is 2. The van der Waals surface area contributed by atoms with Gasteiger partial charge in [-0.05, 0) is 17.7 Å². The Hall–Kier alpha value is -1.99. The van der Waals surface area contributed by atoms with Gasteiger partial charge in [-0.1, -0.05) is 12.1 Å². The molecule has 2 heterocycles. The average molecular weight is 307 g/mol. The third-order valence-corrected chi connectivity index (χ3v) is 3.97. The summed E-state index contributed by atoms with van der Waals surface area (Å²) >= 11 is 0. The maximum Gasteiger partial charge on any atom is 0.324 e. The van der Waals surface area contributed by atoms with Gasteiger partial charge >= 0.3 is 6.03 Å². The first kappa shape index (κ1) is 14.9. The van der Waals surface area contributed by atoms with Gasteiger partial charge in [0.2, 0.25) is 5.91 Å². The fourth-order valence-corrected chi connectivity index (χ4v) is 2.71. The number of rotatable bonds is 4. The molecule has 0 spiro atoms. The van der Waals surface area contributed by atoms with E-state index in [9.17, 15) is 14.0 Å². The van der Waals surface area contributed by atoms with Crippen molar-refractivity contribution in [2.45, 2.75) is 6.10 Å². The monoisotopic (exact) mass is 307 g/mol. The third-order valence-electron chi connectivity index (χ3n) is 3.97. The lowest BCUT2D eigenvalue weighted by Crippen LogP contribution is -2.44. The second-order valence-corrected chi connectivity index (χ2v) is 5.42. The molecule has 2 aliphatic rings. The van der Waals surface area contributed by atoms with Gasteiger partial charge in [0.1, 0.15) is 5.82 Å². The Labute approximate surface area is 127 Å². The molecule has 0 saturated carbocycles. The molecule has 0 aliphatic carbocycles. The van der Waals surface area contributed by atoms with Crippen LogP contribution in [0.3, 0.4) is 0 Å². The van der Waals surface area contributed by atoms with E-state index in [0.29, 0.717) is 26.2 Å². The van der Waals surface area contributed by atoms with Crippen LogP contribution < -0.4 is 5.32 Å². The molecule has 0 radical (unpaired) electrons. The van der Waals surface area contributed by atoms with Crippen molar-refractivity contribution in [3.8, 4) is 0 Å². The molecule has 0 aromatic heterocycles. The first-order chi connectivity index (χ1) is 10.6. The third kappa shape index (κ3) is 3.26. The lowest BCUT2D eigenvalue weighted by Gasteiger charge is -2.33. The van der Waals surface area contributed by atoms with Crippen LogP contribution in [0.15, 0.2) is 24.3 Å². The SMILES string of the molecule is O=C1CNC(=O)N1CCN1CCO[C@@H](c2ccc(F)cc2)C1. The number of hydrogen-bond donors (Lipinski definition) is 1. The van der Waals surface area contributed by atoms with E-state index in [1.54, 1.807) is 12.1 Å². The largest absolute Gasteiger partial charge is 0.371 e. The number of imide groups is 1. The highest BCUT2D eigenvalue weighted by Crippen LogP contribution is 2.22. The Bertz CT molecular complexity index is 548. The van der Waals surface area contributed by atoms with Crippen molar-refractivity contribution < 1.29 is 18.7 Å². The van der Waals surface area contributed by atoms with Crippen LogP contribution in [0, 0.1) is 5.82 Å². The fraction of sp³-hybridized carbons (Fsp3) is 0.467. The molecular formula is C15H18FN3O3. The Morgan fingerprint density at radius 1 is 1.23 bits per heavy atom. The minimum absolute atomic E-state index is 0.0835. The van der Waals surface area contributed by atoms with Gasteiger partial charge in [-0.2, -0.15) is 0 Å². The van der Waals surface area contributed by atoms with Gasteiger partial charge in [0.25, 0.3) is 0 Å². The summed E-state index contributed by atoms with van der Waals surface area (Å²) in [5, 5.41) is 2.51. The molecule has 7 heteroatoms. The number of hydrogen-bond acceptors (Lipinski definition) is 4. The first-order valence-corrected chi connectivity index (χ1v) is 7.31. The van der Waals surface area contributed by atoms with Crippen LogP contribution in [0.5, 0.6) is 0 Å². The lowest BCUT2D eigenvalue weighted by molar-refractivity contribution is -0.125. The molecule has 1 aromatic carbocycles. The highest BCUT2D eigenvalue weighted by Gasteiger charge is 2.29. The zero-order valence-electron chi connectivity index (χ0n) is 12.1. The molecule has 3 rings (SSSR count). The Morgan fingerprint density at radius 2 is 2.00 bits per heavy atom. The standard InChI is InChI=1S/C15H18FN3O3/c16-12-3-1-11(2-4-12)13-10-18(7-8-22-13)5-6-19-14(20)9-17-15(19)21/h1-4,13H,5-10H2,(H,17,21)/t13-/m1/s1. The van der Waals surface area contributed by atoms with Crippen LogP contribution in [0.1, 0.15) is 11.7 Å². The van der Waals surface area contributed by atoms with Crippen molar-refractivity contribution in [1.29, 1.82) is 0 Å². The summed E-state index contributed by atoms with van der Waals surface area (Å²) in [6, 6.07) is 5.96. The average Bonchev–Trinajstić information content (AvgIpc) is 2.85. The summed E-state index contributed by atoms with van der Waals surface area (Å²) in [6.45, 7) is 3.06. The molecule has 1 N–H and O–H groups in total. The van der Waals surface area contributed by atoms with Gasteiger partial charge in [-0.15, -0.1) is 0 Å². The van der Waals surface area contributed by atoms with Gasteiger partial charge in [-0.3, -0.25) is 14.6 Å². The van der Waals surface area contributed by atoms with E-state index in [1.165, 1.54) is 17.0 Å². The number of carbonyl (C=O) groups excluding carboxylic acids is 2. The molecule has 0 bridgehead atoms. The Morgan fingerprint density at radius 3 is 2.68 bits per heavy atom. The summed E-state index contributed by atoms with van der Waals surface area (Å²) in [7, 11) is 0. The summed E-state index contributed by atoms with van der Waals surface area (Å²) in [4.78, 5) is 26.4. The van der Waals surface area contributed by atoms with Gasteiger partial charge in [-0.25, -0.2) is 9.18 Å². The number of halogens is 1. The van der Waals surface area contributed by atoms with E-state index in [1.807, 2.05) is 0 Å². The molecule has 2 fully saturated rings. The molecule has 2 aliphatic heterocycles. The molecule has 0 unspecified atom stereocenters. The van der Waals surface area contributed by atoms with E-state index in [4.69, 9.17) is 4.74 Å². The van der Waals surface area contributed by atoms with Crippen LogP contribution >= 0.6 is 0 Å². The Balaban J connectivity index is 1.55. The normalized spacial score (nSPS) is 23.0. The molecule has 2 saturated heterocycles. The van der Waals surface area contributed by atoms with Crippen LogP contribution in [0.25, 0.3) is 0 Å². The lowest BCUT2D eigenvalue weighted by atomic mass is 10.1. The van der Waals surface area contributed by atoms with Crippen molar-refractivity contribution in [1.82, 2.24) is 15.1 Å². The number of amides is 3. The summed E-state index contributed by atoms with van der Waals surface area (Å²) < 4.78 is 18.7. The molecule has 3 amide bonds. The van der Waals surface area contributed by atoms with Crippen LogP contribution in [0.2, 0.25) is 0 Å². The number of morpholine rings is 1. The van der Waals surface area contributed by atoms with Gasteiger partial charge in [0.15, 0.2) is 0 Å².